The van der Waals surface area contributed by atoms with E-state index in [-0.39, 0.29) is 0 Å². The zero-order chi connectivity index (χ0) is 19.2. The van der Waals surface area contributed by atoms with Gasteiger partial charge in [0.05, 0.1) is 24.2 Å². The first kappa shape index (κ1) is 17.7. The average Bonchev–Trinajstić information content (AvgIpc) is 2.63. The standard InChI is InChI=1S/C19H21N3O4/c1-10-6-8-12(9-7-10)14-13(18(24)26-5)11(2)20-16-15(14)17(23)22(4)19(25)21(16)3/h6-9,14,20H,1-5H3/t14-/m1/s1. The molecule has 1 aromatic heterocycles. The van der Waals surface area contributed by atoms with E-state index in [1.165, 1.54) is 18.7 Å². The number of nitrogens with zero attached hydrogens (tertiary/aromatic N) is 2. The number of aromatic nitrogens is 2. The van der Waals surface area contributed by atoms with Crippen LogP contribution in [0.5, 0.6) is 0 Å². The molecule has 1 aliphatic heterocycles. The first-order valence-corrected chi connectivity index (χ1v) is 8.20. The van der Waals surface area contributed by atoms with Crippen LogP contribution in [0.25, 0.3) is 0 Å². The lowest BCUT2D eigenvalue weighted by Crippen LogP contribution is -2.43. The molecule has 0 saturated carbocycles. The molecule has 0 fully saturated rings. The van der Waals surface area contributed by atoms with Gasteiger partial charge in [-0.2, -0.15) is 0 Å². The van der Waals surface area contributed by atoms with Crippen molar-refractivity contribution in [2.24, 2.45) is 14.1 Å². The van der Waals surface area contributed by atoms with Gasteiger partial charge in [-0.15, -0.1) is 0 Å². The lowest BCUT2D eigenvalue weighted by molar-refractivity contribution is -0.136. The molecule has 1 aliphatic rings. The highest BCUT2D eigenvalue weighted by atomic mass is 16.5. The van der Waals surface area contributed by atoms with Gasteiger partial charge >= 0.3 is 11.7 Å². The molecule has 3 rings (SSSR count). The highest BCUT2D eigenvalue weighted by Crippen LogP contribution is 2.39. The number of carbonyl (C=O) groups excluding carboxylic acids is 1. The van der Waals surface area contributed by atoms with Gasteiger partial charge in [0.15, 0.2) is 0 Å². The Labute approximate surface area is 150 Å². The fraction of sp³-hybridized carbons (Fsp3) is 0.316. The van der Waals surface area contributed by atoms with Crippen molar-refractivity contribution < 1.29 is 9.53 Å². The highest BCUT2D eigenvalue weighted by Gasteiger charge is 2.36. The first-order valence-electron chi connectivity index (χ1n) is 8.20. The van der Waals surface area contributed by atoms with Crippen molar-refractivity contribution in [3.05, 3.63) is 73.1 Å². The molecule has 0 radical (unpaired) electrons. The van der Waals surface area contributed by atoms with Crippen molar-refractivity contribution >= 4 is 11.8 Å². The zero-order valence-electron chi connectivity index (χ0n) is 15.4. The van der Waals surface area contributed by atoms with E-state index in [2.05, 4.69) is 5.32 Å². The van der Waals surface area contributed by atoms with Crippen molar-refractivity contribution in [1.82, 2.24) is 9.13 Å². The number of hydrogen-bond acceptors (Lipinski definition) is 5. The van der Waals surface area contributed by atoms with Crippen LogP contribution in [0, 0.1) is 6.92 Å². The summed E-state index contributed by atoms with van der Waals surface area (Å²) >= 11 is 0. The monoisotopic (exact) mass is 355 g/mol. The molecule has 7 nitrogen and oxygen atoms in total. The Bertz CT molecular complexity index is 1040. The number of hydrogen-bond donors (Lipinski definition) is 1. The van der Waals surface area contributed by atoms with Gasteiger partial charge in [-0.1, -0.05) is 29.8 Å². The summed E-state index contributed by atoms with van der Waals surface area (Å²) in [5.74, 6) is -0.735. The van der Waals surface area contributed by atoms with Crippen LogP contribution >= 0.6 is 0 Å². The third kappa shape index (κ3) is 2.56. The second-order valence-electron chi connectivity index (χ2n) is 6.47. The molecule has 1 N–H and O–H groups in total. The molecule has 0 unspecified atom stereocenters. The Hall–Kier alpha value is -3.09. The van der Waals surface area contributed by atoms with Crippen molar-refractivity contribution in [2.75, 3.05) is 12.4 Å². The second-order valence-corrected chi connectivity index (χ2v) is 6.47. The molecule has 7 heteroatoms. The minimum atomic E-state index is -0.621. The lowest BCUT2D eigenvalue weighted by atomic mass is 9.82. The fourth-order valence-corrected chi connectivity index (χ4v) is 3.36. The summed E-state index contributed by atoms with van der Waals surface area (Å²) in [5, 5.41) is 3.04. The number of allylic oxidation sites excluding steroid dienone is 1. The largest absolute Gasteiger partial charge is 0.466 e. The van der Waals surface area contributed by atoms with E-state index in [1.807, 2.05) is 31.2 Å². The summed E-state index contributed by atoms with van der Waals surface area (Å²) in [6.07, 6.45) is 0. The van der Waals surface area contributed by atoms with Gasteiger partial charge < -0.3 is 10.1 Å². The molecule has 0 amide bonds. The van der Waals surface area contributed by atoms with Crippen LogP contribution in [0.4, 0.5) is 5.82 Å². The molecule has 0 bridgehead atoms. The molecular formula is C19H21N3O4. The van der Waals surface area contributed by atoms with Crippen LogP contribution in [0.15, 0.2) is 45.1 Å². The van der Waals surface area contributed by atoms with Crippen LogP contribution in [-0.2, 0) is 23.6 Å². The normalized spacial score (nSPS) is 16.1. The molecule has 2 heterocycles. The number of nitrogens with one attached hydrogen (secondary N) is 1. The molecule has 136 valence electrons. The third-order valence-corrected chi connectivity index (χ3v) is 4.80. The highest BCUT2D eigenvalue weighted by molar-refractivity contribution is 5.94. The average molecular weight is 355 g/mol. The van der Waals surface area contributed by atoms with Crippen molar-refractivity contribution in [3.63, 3.8) is 0 Å². The topological polar surface area (TPSA) is 82.3 Å². The Kier molecular flexibility index (Phi) is 4.31. The second kappa shape index (κ2) is 6.33. The summed E-state index contributed by atoms with van der Waals surface area (Å²) in [4.78, 5) is 37.7. The van der Waals surface area contributed by atoms with Crippen molar-refractivity contribution in [1.29, 1.82) is 0 Å². The maximum atomic E-state index is 12.9. The molecule has 26 heavy (non-hydrogen) atoms. The van der Waals surface area contributed by atoms with Crippen LogP contribution in [-0.4, -0.2) is 22.2 Å². The summed E-state index contributed by atoms with van der Waals surface area (Å²) in [5.41, 5.74) is 2.25. The predicted molar refractivity (Wildman–Crippen MR) is 98.3 cm³/mol. The van der Waals surface area contributed by atoms with Gasteiger partial charge in [-0.3, -0.25) is 13.9 Å². The number of carbonyl (C=O) groups is 1. The van der Waals surface area contributed by atoms with E-state index < -0.39 is 23.1 Å². The van der Waals surface area contributed by atoms with Gasteiger partial charge in [-0.25, -0.2) is 9.59 Å². The van der Waals surface area contributed by atoms with E-state index in [0.717, 1.165) is 15.7 Å². The Morgan fingerprint density at radius 2 is 1.69 bits per heavy atom. The summed E-state index contributed by atoms with van der Waals surface area (Å²) in [6, 6.07) is 7.62. The Morgan fingerprint density at radius 1 is 1.08 bits per heavy atom. The number of ether oxygens (including phenoxy) is 1. The van der Waals surface area contributed by atoms with Crippen LogP contribution in [0.3, 0.4) is 0 Å². The molecule has 2 aromatic rings. The maximum Gasteiger partial charge on any atom is 0.336 e. The molecular weight excluding hydrogens is 334 g/mol. The van der Waals surface area contributed by atoms with Gasteiger partial charge in [0.2, 0.25) is 0 Å². The lowest BCUT2D eigenvalue weighted by Gasteiger charge is -2.30. The fourth-order valence-electron chi connectivity index (χ4n) is 3.36. The van der Waals surface area contributed by atoms with E-state index in [4.69, 9.17) is 4.74 Å². The number of fused-ring (bicyclic) bond motifs is 1. The Morgan fingerprint density at radius 3 is 2.27 bits per heavy atom. The van der Waals surface area contributed by atoms with Crippen LogP contribution in [0.2, 0.25) is 0 Å². The molecule has 0 saturated heterocycles. The molecule has 0 spiro atoms. The van der Waals surface area contributed by atoms with Gasteiger partial charge in [-0.05, 0) is 19.4 Å². The molecule has 1 aromatic carbocycles. The van der Waals surface area contributed by atoms with Crippen LogP contribution in [0.1, 0.15) is 29.5 Å². The molecule has 0 aliphatic carbocycles. The van der Waals surface area contributed by atoms with Gasteiger partial charge in [0.25, 0.3) is 5.56 Å². The quantitative estimate of drug-likeness (QED) is 0.824. The number of benzene rings is 1. The summed E-state index contributed by atoms with van der Waals surface area (Å²) < 4.78 is 7.40. The summed E-state index contributed by atoms with van der Waals surface area (Å²) in [6.45, 7) is 3.70. The SMILES string of the molecule is COC(=O)C1=C(C)Nc2c(c(=O)n(C)c(=O)n2C)[C@@H]1c1ccc(C)cc1. The first-order chi connectivity index (χ1) is 12.3. The number of methoxy groups -OCH3 is 1. The number of aryl methyl sites for hydroxylation is 1. The van der Waals surface area contributed by atoms with E-state index in [9.17, 15) is 14.4 Å². The van der Waals surface area contributed by atoms with Crippen molar-refractivity contribution in [2.45, 2.75) is 19.8 Å². The minimum Gasteiger partial charge on any atom is -0.466 e. The third-order valence-electron chi connectivity index (χ3n) is 4.80. The number of rotatable bonds is 2. The van der Waals surface area contributed by atoms with Gasteiger partial charge in [0.1, 0.15) is 5.82 Å². The molecule has 1 atom stereocenters. The van der Waals surface area contributed by atoms with Crippen molar-refractivity contribution in [3.8, 4) is 0 Å². The predicted octanol–water partition coefficient (Wildman–Crippen LogP) is 1.40. The summed E-state index contributed by atoms with van der Waals surface area (Å²) in [7, 11) is 4.33. The number of anilines is 1. The van der Waals surface area contributed by atoms with E-state index >= 15 is 0 Å². The maximum absolute atomic E-state index is 12.9. The zero-order valence-corrected chi connectivity index (χ0v) is 15.4. The van der Waals surface area contributed by atoms with Gasteiger partial charge in [0, 0.05) is 19.8 Å². The Balaban J connectivity index is 2.41. The number of esters is 1. The van der Waals surface area contributed by atoms with Crippen LogP contribution < -0.4 is 16.6 Å². The van der Waals surface area contributed by atoms with E-state index in [1.54, 1.807) is 14.0 Å². The smallest absolute Gasteiger partial charge is 0.336 e. The van der Waals surface area contributed by atoms with E-state index in [0.29, 0.717) is 22.7 Å². The minimum absolute atomic E-state index is 0.351.